The minimum atomic E-state index is -0.266. The first kappa shape index (κ1) is 18.4. The predicted octanol–water partition coefficient (Wildman–Crippen LogP) is 3.55. The maximum Gasteiger partial charge on any atom is 0.322 e. The van der Waals surface area contributed by atoms with Crippen molar-refractivity contribution in [1.29, 1.82) is 0 Å². The van der Waals surface area contributed by atoms with Crippen LogP contribution in [-0.2, 0) is 11.2 Å². The van der Waals surface area contributed by atoms with Crippen LogP contribution < -0.4 is 14.8 Å². The maximum atomic E-state index is 12.3. The molecule has 0 aliphatic carbocycles. The van der Waals surface area contributed by atoms with Crippen molar-refractivity contribution >= 4 is 11.9 Å². The first-order chi connectivity index (χ1) is 13.0. The van der Waals surface area contributed by atoms with Crippen LogP contribution in [0.1, 0.15) is 16.7 Å². The van der Waals surface area contributed by atoms with Crippen LogP contribution in [0.15, 0.2) is 40.8 Å². The van der Waals surface area contributed by atoms with E-state index in [1.165, 1.54) is 0 Å². The van der Waals surface area contributed by atoms with Crippen molar-refractivity contribution in [2.24, 2.45) is 0 Å². The molecule has 0 saturated carbocycles. The van der Waals surface area contributed by atoms with Gasteiger partial charge >= 0.3 is 6.01 Å². The zero-order valence-electron chi connectivity index (χ0n) is 15.7. The summed E-state index contributed by atoms with van der Waals surface area (Å²) >= 11 is 0. The van der Waals surface area contributed by atoms with Crippen molar-refractivity contribution in [3.8, 4) is 23.0 Å². The number of carbonyl (C=O) groups is 1. The SMILES string of the molecule is COc1ccc(CC(=O)Nc2nnc(-c3cc(C)cc(C)c3)o2)cc1OC. The summed E-state index contributed by atoms with van der Waals surface area (Å²) < 4.78 is 16.0. The molecule has 140 valence electrons. The summed E-state index contributed by atoms with van der Waals surface area (Å²) in [6.45, 7) is 4.00. The van der Waals surface area contributed by atoms with Crippen LogP contribution in [0.4, 0.5) is 6.01 Å². The highest BCUT2D eigenvalue weighted by molar-refractivity contribution is 5.90. The quantitative estimate of drug-likeness (QED) is 0.717. The van der Waals surface area contributed by atoms with Crippen molar-refractivity contribution < 1.29 is 18.7 Å². The molecule has 2 aromatic carbocycles. The molecule has 0 aliphatic rings. The van der Waals surface area contributed by atoms with Gasteiger partial charge in [0.05, 0.1) is 20.6 Å². The van der Waals surface area contributed by atoms with Gasteiger partial charge < -0.3 is 13.9 Å². The van der Waals surface area contributed by atoms with E-state index in [0.29, 0.717) is 17.4 Å². The summed E-state index contributed by atoms with van der Waals surface area (Å²) in [5, 5.41) is 10.5. The lowest BCUT2D eigenvalue weighted by atomic mass is 10.1. The van der Waals surface area contributed by atoms with Crippen LogP contribution in [-0.4, -0.2) is 30.3 Å². The molecule has 1 amide bonds. The lowest BCUT2D eigenvalue weighted by molar-refractivity contribution is -0.115. The van der Waals surface area contributed by atoms with E-state index in [9.17, 15) is 4.79 Å². The van der Waals surface area contributed by atoms with Crippen molar-refractivity contribution in [1.82, 2.24) is 10.2 Å². The van der Waals surface area contributed by atoms with E-state index in [2.05, 4.69) is 21.6 Å². The van der Waals surface area contributed by atoms with Crippen molar-refractivity contribution in [3.05, 3.63) is 53.1 Å². The number of amides is 1. The molecule has 0 fully saturated rings. The zero-order chi connectivity index (χ0) is 19.4. The van der Waals surface area contributed by atoms with Crippen molar-refractivity contribution in [3.63, 3.8) is 0 Å². The Morgan fingerprint density at radius 3 is 2.37 bits per heavy atom. The van der Waals surface area contributed by atoms with Gasteiger partial charge in [0, 0.05) is 5.56 Å². The fourth-order valence-electron chi connectivity index (χ4n) is 2.83. The van der Waals surface area contributed by atoms with Gasteiger partial charge in [0.2, 0.25) is 11.8 Å². The number of nitrogens with one attached hydrogen (secondary N) is 1. The van der Waals surface area contributed by atoms with Crippen LogP contribution in [0.25, 0.3) is 11.5 Å². The number of anilines is 1. The molecule has 1 N–H and O–H groups in total. The van der Waals surface area contributed by atoms with E-state index in [0.717, 1.165) is 22.3 Å². The molecule has 7 nitrogen and oxygen atoms in total. The number of hydrogen-bond acceptors (Lipinski definition) is 6. The molecule has 0 bridgehead atoms. The number of ether oxygens (including phenoxy) is 2. The van der Waals surface area contributed by atoms with Gasteiger partial charge in [-0.2, -0.15) is 0 Å². The maximum absolute atomic E-state index is 12.3. The van der Waals surface area contributed by atoms with Gasteiger partial charge in [-0.1, -0.05) is 28.4 Å². The molecule has 0 unspecified atom stereocenters. The molecule has 27 heavy (non-hydrogen) atoms. The van der Waals surface area contributed by atoms with Crippen LogP contribution in [0.5, 0.6) is 11.5 Å². The highest BCUT2D eigenvalue weighted by Gasteiger charge is 2.13. The number of nitrogens with zero attached hydrogens (tertiary/aromatic N) is 2. The zero-order valence-corrected chi connectivity index (χ0v) is 15.7. The van der Waals surface area contributed by atoms with Gasteiger partial charge in [0.1, 0.15) is 0 Å². The number of hydrogen-bond donors (Lipinski definition) is 1. The van der Waals surface area contributed by atoms with E-state index in [-0.39, 0.29) is 18.3 Å². The molecule has 0 atom stereocenters. The summed E-state index contributed by atoms with van der Waals surface area (Å²) in [6.07, 6.45) is 0.140. The first-order valence-electron chi connectivity index (χ1n) is 8.41. The summed E-state index contributed by atoms with van der Waals surface area (Å²) in [4.78, 5) is 12.3. The van der Waals surface area contributed by atoms with Gasteiger partial charge in [-0.25, -0.2) is 0 Å². The van der Waals surface area contributed by atoms with Crippen molar-refractivity contribution in [2.45, 2.75) is 20.3 Å². The summed E-state index contributed by atoms with van der Waals surface area (Å²) in [7, 11) is 3.11. The normalized spacial score (nSPS) is 10.5. The molecule has 0 spiro atoms. The van der Waals surface area contributed by atoms with E-state index >= 15 is 0 Å². The first-order valence-corrected chi connectivity index (χ1v) is 8.41. The Morgan fingerprint density at radius 1 is 1.00 bits per heavy atom. The lowest BCUT2D eigenvalue weighted by Gasteiger charge is -2.09. The highest BCUT2D eigenvalue weighted by Crippen LogP contribution is 2.28. The number of carbonyl (C=O) groups excluding carboxylic acids is 1. The number of rotatable bonds is 6. The predicted molar refractivity (Wildman–Crippen MR) is 101 cm³/mol. The Hall–Kier alpha value is -3.35. The smallest absolute Gasteiger partial charge is 0.322 e. The van der Waals surface area contributed by atoms with Crippen LogP contribution in [0.3, 0.4) is 0 Å². The Kier molecular flexibility index (Phi) is 5.40. The molecular weight excluding hydrogens is 346 g/mol. The molecule has 3 rings (SSSR count). The Morgan fingerprint density at radius 2 is 1.70 bits per heavy atom. The standard InChI is InChI=1S/C20H21N3O4/c1-12-7-13(2)9-15(8-12)19-22-23-20(27-19)21-18(24)11-14-5-6-16(25-3)17(10-14)26-4/h5-10H,11H2,1-4H3,(H,21,23,24). The molecule has 0 radical (unpaired) electrons. The van der Waals surface area contributed by atoms with Crippen LogP contribution in [0, 0.1) is 13.8 Å². The third-order valence-electron chi connectivity index (χ3n) is 3.95. The van der Waals surface area contributed by atoms with Crippen LogP contribution in [0.2, 0.25) is 0 Å². The van der Waals surface area contributed by atoms with Gasteiger partial charge in [0.25, 0.3) is 0 Å². The number of benzene rings is 2. The summed E-state index contributed by atoms with van der Waals surface area (Å²) in [5.41, 5.74) is 3.80. The van der Waals surface area contributed by atoms with E-state index in [4.69, 9.17) is 13.9 Å². The van der Waals surface area contributed by atoms with Gasteiger partial charge in [-0.15, -0.1) is 5.10 Å². The molecule has 7 heteroatoms. The topological polar surface area (TPSA) is 86.5 Å². The molecule has 1 aromatic heterocycles. The minimum absolute atomic E-state index is 0.0645. The highest BCUT2D eigenvalue weighted by atomic mass is 16.5. The largest absolute Gasteiger partial charge is 0.493 e. The number of aromatic nitrogens is 2. The second kappa shape index (κ2) is 7.90. The third-order valence-corrected chi connectivity index (χ3v) is 3.95. The lowest BCUT2D eigenvalue weighted by Crippen LogP contribution is -2.14. The third kappa shape index (κ3) is 4.44. The van der Waals surface area contributed by atoms with E-state index in [1.807, 2.05) is 26.0 Å². The minimum Gasteiger partial charge on any atom is -0.493 e. The molecule has 3 aromatic rings. The Balaban J connectivity index is 1.69. The summed E-state index contributed by atoms with van der Waals surface area (Å²) in [5.74, 6) is 1.27. The van der Waals surface area contributed by atoms with E-state index < -0.39 is 0 Å². The Bertz CT molecular complexity index is 945. The summed E-state index contributed by atoms with van der Waals surface area (Å²) in [6, 6.07) is 11.3. The van der Waals surface area contributed by atoms with E-state index in [1.54, 1.807) is 32.4 Å². The van der Waals surface area contributed by atoms with Gasteiger partial charge in [-0.3, -0.25) is 10.1 Å². The number of methoxy groups -OCH3 is 2. The fourth-order valence-corrected chi connectivity index (χ4v) is 2.83. The average Bonchev–Trinajstić information content (AvgIpc) is 3.09. The Labute approximate surface area is 157 Å². The molecule has 1 heterocycles. The van der Waals surface area contributed by atoms with Crippen LogP contribution >= 0.6 is 0 Å². The molecule has 0 aliphatic heterocycles. The fraction of sp³-hybridized carbons (Fsp3) is 0.250. The molecular formula is C20H21N3O4. The van der Waals surface area contributed by atoms with Gasteiger partial charge in [-0.05, 0) is 43.7 Å². The number of aryl methyl sites for hydroxylation is 2. The molecule has 0 saturated heterocycles. The van der Waals surface area contributed by atoms with Gasteiger partial charge in [0.15, 0.2) is 11.5 Å². The van der Waals surface area contributed by atoms with Crippen molar-refractivity contribution in [2.75, 3.05) is 19.5 Å². The second-order valence-corrected chi connectivity index (χ2v) is 6.20. The average molecular weight is 367 g/mol. The monoisotopic (exact) mass is 367 g/mol. The second-order valence-electron chi connectivity index (χ2n) is 6.20.